The van der Waals surface area contributed by atoms with E-state index >= 15 is 0 Å². The second-order valence-corrected chi connectivity index (χ2v) is 6.00. The number of hydrogen-bond acceptors (Lipinski definition) is 7. The van der Waals surface area contributed by atoms with Gasteiger partial charge in [0.1, 0.15) is 11.6 Å². The van der Waals surface area contributed by atoms with E-state index in [9.17, 15) is 4.39 Å². The molecule has 0 atom stereocenters. The van der Waals surface area contributed by atoms with Gasteiger partial charge in [0.2, 0.25) is 5.95 Å². The van der Waals surface area contributed by atoms with Crippen LogP contribution >= 0.6 is 0 Å². The first-order valence-electron chi connectivity index (χ1n) is 8.50. The van der Waals surface area contributed by atoms with Crippen LogP contribution in [0.25, 0.3) is 0 Å². The van der Waals surface area contributed by atoms with Gasteiger partial charge in [0.05, 0.1) is 24.7 Å². The van der Waals surface area contributed by atoms with Gasteiger partial charge in [0, 0.05) is 26.2 Å². The molecule has 4 rings (SSSR count). The van der Waals surface area contributed by atoms with Crippen molar-refractivity contribution >= 4 is 17.5 Å². The third-order valence-electron chi connectivity index (χ3n) is 4.33. The van der Waals surface area contributed by atoms with E-state index in [1.165, 1.54) is 6.07 Å². The number of hydrogen-bond donors (Lipinski definition) is 1. The highest BCUT2D eigenvalue weighted by Crippen LogP contribution is 2.21. The molecule has 0 unspecified atom stereocenters. The summed E-state index contributed by atoms with van der Waals surface area (Å²) in [5.41, 5.74) is 0.639. The maximum Gasteiger partial charge on any atom is 0.247 e. The van der Waals surface area contributed by atoms with Crippen LogP contribution < -0.4 is 15.1 Å². The monoisotopic (exact) mass is 354 g/mol. The fraction of sp³-hybridized carbons (Fsp3) is 0.278. The molecule has 1 aliphatic heterocycles. The first-order valence-corrected chi connectivity index (χ1v) is 8.50. The molecule has 26 heavy (non-hydrogen) atoms. The summed E-state index contributed by atoms with van der Waals surface area (Å²) in [5.74, 6) is 1.84. The van der Waals surface area contributed by atoms with E-state index in [1.54, 1.807) is 18.5 Å². The van der Waals surface area contributed by atoms with Gasteiger partial charge < -0.3 is 19.5 Å². The van der Waals surface area contributed by atoms with Crippen LogP contribution in [0.2, 0.25) is 0 Å². The number of anilines is 3. The lowest BCUT2D eigenvalue weighted by atomic mass is 10.2. The van der Waals surface area contributed by atoms with Gasteiger partial charge in [-0.05, 0) is 24.3 Å². The molecule has 1 N–H and O–H groups in total. The highest BCUT2D eigenvalue weighted by atomic mass is 19.1. The summed E-state index contributed by atoms with van der Waals surface area (Å²) in [5, 5.41) is 11.3. The van der Waals surface area contributed by atoms with E-state index in [0.29, 0.717) is 50.2 Å². The van der Waals surface area contributed by atoms with E-state index < -0.39 is 0 Å². The predicted molar refractivity (Wildman–Crippen MR) is 96.7 cm³/mol. The van der Waals surface area contributed by atoms with E-state index in [0.717, 1.165) is 5.76 Å². The molecule has 0 bridgehead atoms. The molecule has 3 aromatic rings. The summed E-state index contributed by atoms with van der Waals surface area (Å²) in [4.78, 5) is 8.62. The van der Waals surface area contributed by atoms with Crippen molar-refractivity contribution in [2.75, 3.05) is 41.3 Å². The molecule has 8 heteroatoms. The predicted octanol–water partition coefficient (Wildman–Crippen LogP) is 2.54. The van der Waals surface area contributed by atoms with Crippen molar-refractivity contribution in [2.24, 2.45) is 0 Å². The Kier molecular flexibility index (Phi) is 4.63. The standard InChI is InChI=1S/C18H19FN6O/c19-15-5-1-2-6-16(15)24-7-9-25(10-8-24)18-22-17(13-21-23-18)20-12-14-4-3-11-26-14/h1-6,11,13H,7-10,12H2,(H,20,22,23). The zero-order valence-corrected chi connectivity index (χ0v) is 14.2. The van der Waals surface area contributed by atoms with E-state index in [1.807, 2.05) is 29.2 Å². The lowest BCUT2D eigenvalue weighted by molar-refractivity contribution is 0.517. The van der Waals surface area contributed by atoms with E-state index in [4.69, 9.17) is 4.42 Å². The average molecular weight is 354 g/mol. The van der Waals surface area contributed by atoms with Crippen molar-refractivity contribution < 1.29 is 8.81 Å². The third-order valence-corrected chi connectivity index (χ3v) is 4.33. The molecule has 0 amide bonds. The quantitative estimate of drug-likeness (QED) is 0.755. The number of halogens is 1. The van der Waals surface area contributed by atoms with Crippen LogP contribution in [0.3, 0.4) is 0 Å². The lowest BCUT2D eigenvalue weighted by Crippen LogP contribution is -2.47. The average Bonchev–Trinajstić information content (AvgIpc) is 3.21. The number of furan rings is 1. The molecule has 0 aliphatic carbocycles. The molecule has 3 heterocycles. The Morgan fingerprint density at radius 2 is 1.85 bits per heavy atom. The number of nitrogens with one attached hydrogen (secondary N) is 1. The minimum Gasteiger partial charge on any atom is -0.467 e. The molecule has 1 aliphatic rings. The maximum absolute atomic E-state index is 13.9. The Balaban J connectivity index is 1.38. The summed E-state index contributed by atoms with van der Waals surface area (Å²) in [6.07, 6.45) is 3.22. The van der Waals surface area contributed by atoms with Crippen molar-refractivity contribution in [1.82, 2.24) is 15.2 Å². The smallest absolute Gasteiger partial charge is 0.247 e. The van der Waals surface area contributed by atoms with Crippen LogP contribution in [-0.2, 0) is 6.54 Å². The maximum atomic E-state index is 13.9. The van der Waals surface area contributed by atoms with Crippen molar-refractivity contribution in [1.29, 1.82) is 0 Å². The normalized spacial score (nSPS) is 14.5. The summed E-state index contributed by atoms with van der Waals surface area (Å²) in [6.45, 7) is 3.35. The SMILES string of the molecule is Fc1ccccc1N1CCN(c2nncc(NCc3ccco3)n2)CC1. The minimum atomic E-state index is -0.192. The summed E-state index contributed by atoms with van der Waals surface area (Å²) in [7, 11) is 0. The molecule has 7 nitrogen and oxygen atoms in total. The van der Waals surface area contributed by atoms with Crippen molar-refractivity contribution in [3.8, 4) is 0 Å². The zero-order chi connectivity index (χ0) is 17.8. The summed E-state index contributed by atoms with van der Waals surface area (Å²) < 4.78 is 19.2. The molecular formula is C18H19FN6O. The molecular weight excluding hydrogens is 335 g/mol. The van der Waals surface area contributed by atoms with Crippen LogP contribution in [0.5, 0.6) is 0 Å². The van der Waals surface area contributed by atoms with Gasteiger partial charge in [0.15, 0.2) is 5.82 Å². The van der Waals surface area contributed by atoms with E-state index in [2.05, 4.69) is 25.4 Å². The molecule has 134 valence electrons. The van der Waals surface area contributed by atoms with Crippen LogP contribution in [0.1, 0.15) is 5.76 Å². The second-order valence-electron chi connectivity index (χ2n) is 6.00. The van der Waals surface area contributed by atoms with Crippen LogP contribution in [0.15, 0.2) is 53.3 Å². The van der Waals surface area contributed by atoms with Crippen LogP contribution in [0.4, 0.5) is 21.8 Å². The molecule has 1 saturated heterocycles. The van der Waals surface area contributed by atoms with Crippen LogP contribution in [-0.4, -0.2) is 41.4 Å². The van der Waals surface area contributed by atoms with Crippen molar-refractivity contribution in [3.63, 3.8) is 0 Å². The van der Waals surface area contributed by atoms with Gasteiger partial charge in [-0.3, -0.25) is 0 Å². The van der Waals surface area contributed by atoms with E-state index in [-0.39, 0.29) is 5.82 Å². The lowest BCUT2D eigenvalue weighted by Gasteiger charge is -2.36. The van der Waals surface area contributed by atoms with Gasteiger partial charge in [0.25, 0.3) is 0 Å². The number of para-hydroxylation sites is 1. The second kappa shape index (κ2) is 7.38. The van der Waals surface area contributed by atoms with Crippen molar-refractivity contribution in [3.05, 3.63) is 60.4 Å². The van der Waals surface area contributed by atoms with Gasteiger partial charge in [-0.25, -0.2) is 4.39 Å². The highest BCUT2D eigenvalue weighted by Gasteiger charge is 2.21. The number of aromatic nitrogens is 3. The van der Waals surface area contributed by atoms with Gasteiger partial charge >= 0.3 is 0 Å². The number of piperazine rings is 1. The Morgan fingerprint density at radius 3 is 2.62 bits per heavy atom. The topological polar surface area (TPSA) is 70.3 Å². The minimum absolute atomic E-state index is 0.192. The Hall–Kier alpha value is -3.16. The molecule has 0 radical (unpaired) electrons. The number of benzene rings is 1. The van der Waals surface area contributed by atoms with Gasteiger partial charge in [-0.1, -0.05) is 12.1 Å². The number of rotatable bonds is 5. The molecule has 2 aromatic heterocycles. The largest absolute Gasteiger partial charge is 0.467 e. The molecule has 0 spiro atoms. The first-order chi connectivity index (χ1) is 12.8. The van der Waals surface area contributed by atoms with Gasteiger partial charge in [-0.2, -0.15) is 10.1 Å². The zero-order valence-electron chi connectivity index (χ0n) is 14.2. The summed E-state index contributed by atoms with van der Waals surface area (Å²) in [6, 6.07) is 10.6. The molecule has 0 saturated carbocycles. The Bertz CT molecular complexity index is 848. The molecule has 1 aromatic carbocycles. The van der Waals surface area contributed by atoms with Gasteiger partial charge in [-0.15, -0.1) is 5.10 Å². The first kappa shape index (κ1) is 16.3. The van der Waals surface area contributed by atoms with Crippen LogP contribution in [0, 0.1) is 5.82 Å². The highest BCUT2D eigenvalue weighted by molar-refractivity contribution is 5.50. The molecule has 1 fully saturated rings. The third kappa shape index (κ3) is 3.58. The Labute approximate surface area is 150 Å². The van der Waals surface area contributed by atoms with Crippen molar-refractivity contribution in [2.45, 2.75) is 6.54 Å². The fourth-order valence-electron chi connectivity index (χ4n) is 2.96. The number of nitrogens with zero attached hydrogens (tertiary/aromatic N) is 5. The Morgan fingerprint density at radius 1 is 1.04 bits per heavy atom. The fourth-order valence-corrected chi connectivity index (χ4v) is 2.96. The summed E-state index contributed by atoms with van der Waals surface area (Å²) >= 11 is 0.